The second-order valence-corrected chi connectivity index (χ2v) is 5.44. The van der Waals surface area contributed by atoms with Gasteiger partial charge in [0.1, 0.15) is 5.01 Å². The lowest BCUT2D eigenvalue weighted by atomic mass is 10.2. The van der Waals surface area contributed by atoms with Crippen molar-refractivity contribution in [2.45, 2.75) is 32.7 Å². The van der Waals surface area contributed by atoms with E-state index in [0.29, 0.717) is 0 Å². The molecule has 0 saturated carbocycles. The molecular weight excluding hydrogens is 256 g/mol. The number of nitrogens with one attached hydrogen (secondary N) is 1. The van der Waals surface area contributed by atoms with E-state index in [1.807, 2.05) is 24.3 Å². The molecule has 0 fully saturated rings. The summed E-state index contributed by atoms with van der Waals surface area (Å²) >= 11 is 1.59. The molecule has 2 aromatic rings. The van der Waals surface area contributed by atoms with Crippen molar-refractivity contribution in [2.75, 3.05) is 0 Å². The lowest BCUT2D eigenvalue weighted by molar-refractivity contribution is -0.117. The Balaban J connectivity index is 2.03. The van der Waals surface area contributed by atoms with Crippen LogP contribution in [0.3, 0.4) is 0 Å². The van der Waals surface area contributed by atoms with Crippen molar-refractivity contribution in [3.8, 4) is 0 Å². The number of carbonyl (C=O) groups excluding carboxylic acids is 1. The smallest absolute Gasteiger partial charge is 0.244 e. The zero-order valence-corrected chi connectivity index (χ0v) is 12.0. The van der Waals surface area contributed by atoms with E-state index < -0.39 is 0 Å². The Morgan fingerprint density at radius 2 is 2.11 bits per heavy atom. The van der Waals surface area contributed by atoms with Crippen LogP contribution in [-0.4, -0.2) is 16.9 Å². The first kappa shape index (κ1) is 13.7. The Kier molecular flexibility index (Phi) is 4.68. The lowest BCUT2D eigenvalue weighted by Crippen LogP contribution is -2.32. The van der Waals surface area contributed by atoms with Gasteiger partial charge in [0, 0.05) is 12.1 Å². The molecule has 0 spiro atoms. The van der Waals surface area contributed by atoms with Gasteiger partial charge in [-0.2, -0.15) is 0 Å². The third-order valence-corrected chi connectivity index (χ3v) is 4.02. The number of hydrogen-bond donors (Lipinski definition) is 1. The quantitative estimate of drug-likeness (QED) is 0.846. The molecule has 4 heteroatoms. The summed E-state index contributed by atoms with van der Waals surface area (Å²) in [7, 11) is 0. The summed E-state index contributed by atoms with van der Waals surface area (Å²) in [6, 6.07) is 8.23. The van der Waals surface area contributed by atoms with Gasteiger partial charge in [0.05, 0.1) is 10.2 Å². The van der Waals surface area contributed by atoms with Crippen LogP contribution in [0.2, 0.25) is 0 Å². The fraction of sp³-hybridized carbons (Fsp3) is 0.333. The number of carbonyl (C=O) groups is 1. The average Bonchev–Trinajstić information content (AvgIpc) is 2.85. The van der Waals surface area contributed by atoms with Gasteiger partial charge in [-0.05, 0) is 31.1 Å². The fourth-order valence-corrected chi connectivity index (χ4v) is 2.72. The third-order valence-electron chi connectivity index (χ3n) is 3.02. The van der Waals surface area contributed by atoms with Gasteiger partial charge < -0.3 is 5.32 Å². The number of aromatic nitrogens is 1. The van der Waals surface area contributed by atoms with Crippen molar-refractivity contribution >= 4 is 33.5 Å². The maximum Gasteiger partial charge on any atom is 0.244 e. The molecule has 0 aliphatic carbocycles. The minimum absolute atomic E-state index is 0.0482. The zero-order valence-electron chi connectivity index (χ0n) is 11.2. The Morgan fingerprint density at radius 1 is 1.37 bits per heavy atom. The highest BCUT2D eigenvalue weighted by atomic mass is 32.1. The van der Waals surface area contributed by atoms with Crippen LogP contribution in [0.5, 0.6) is 0 Å². The minimum atomic E-state index is -0.0482. The highest BCUT2D eigenvalue weighted by Crippen LogP contribution is 2.22. The number of thiazole rings is 1. The molecule has 0 aliphatic heterocycles. The summed E-state index contributed by atoms with van der Waals surface area (Å²) in [6.45, 7) is 4.15. The van der Waals surface area contributed by atoms with Crippen LogP contribution in [0.25, 0.3) is 16.3 Å². The molecular formula is C15H18N2OS. The largest absolute Gasteiger partial charge is 0.350 e. The molecule has 2 rings (SSSR count). The Hall–Kier alpha value is -1.68. The molecule has 1 heterocycles. The van der Waals surface area contributed by atoms with Gasteiger partial charge in [-0.25, -0.2) is 4.98 Å². The molecule has 0 unspecified atom stereocenters. The molecule has 1 N–H and O–H groups in total. The van der Waals surface area contributed by atoms with Crippen LogP contribution in [-0.2, 0) is 4.79 Å². The fourth-order valence-electron chi connectivity index (χ4n) is 1.85. The first-order chi connectivity index (χ1) is 9.22. The molecule has 0 atom stereocenters. The molecule has 1 aromatic heterocycles. The first-order valence-corrected chi connectivity index (χ1v) is 7.38. The molecule has 3 nitrogen and oxygen atoms in total. The summed E-state index contributed by atoms with van der Waals surface area (Å²) in [6.07, 6.45) is 5.26. The predicted molar refractivity (Wildman–Crippen MR) is 81.2 cm³/mol. The number of amides is 1. The number of hydrogen-bond acceptors (Lipinski definition) is 3. The summed E-state index contributed by atoms with van der Waals surface area (Å²) in [5.74, 6) is -0.0482. The summed E-state index contributed by atoms with van der Waals surface area (Å²) in [5, 5.41) is 3.83. The topological polar surface area (TPSA) is 42.0 Å². The van der Waals surface area contributed by atoms with Gasteiger partial charge in [0.25, 0.3) is 0 Å². The Bertz CT molecular complexity index is 552. The van der Waals surface area contributed by atoms with Crippen molar-refractivity contribution in [3.05, 3.63) is 35.3 Å². The lowest BCUT2D eigenvalue weighted by Gasteiger charge is -2.12. The van der Waals surface area contributed by atoms with Gasteiger partial charge in [0.2, 0.25) is 5.91 Å². The van der Waals surface area contributed by atoms with E-state index in [-0.39, 0.29) is 11.9 Å². The van der Waals surface area contributed by atoms with Crippen molar-refractivity contribution in [1.29, 1.82) is 0 Å². The standard InChI is InChI=1S/C15H18N2OS/c1-3-11(4-2)16-14(18)9-10-15-17-12-7-5-6-8-13(12)19-15/h5-11H,3-4H2,1-2H3,(H,16,18)/b10-9+. The number of para-hydroxylation sites is 1. The Labute approximate surface area is 117 Å². The summed E-state index contributed by atoms with van der Waals surface area (Å²) in [4.78, 5) is 16.2. The molecule has 1 amide bonds. The van der Waals surface area contributed by atoms with Crippen molar-refractivity contribution in [1.82, 2.24) is 10.3 Å². The molecule has 100 valence electrons. The van der Waals surface area contributed by atoms with Crippen LogP contribution >= 0.6 is 11.3 Å². The Morgan fingerprint density at radius 3 is 2.79 bits per heavy atom. The van der Waals surface area contributed by atoms with Crippen LogP contribution < -0.4 is 5.32 Å². The molecule has 0 saturated heterocycles. The van der Waals surface area contributed by atoms with Gasteiger partial charge in [-0.3, -0.25) is 4.79 Å². The highest BCUT2D eigenvalue weighted by molar-refractivity contribution is 7.19. The van der Waals surface area contributed by atoms with E-state index >= 15 is 0 Å². The van der Waals surface area contributed by atoms with Crippen molar-refractivity contribution in [3.63, 3.8) is 0 Å². The third kappa shape index (κ3) is 3.64. The van der Waals surface area contributed by atoms with Gasteiger partial charge in [0.15, 0.2) is 0 Å². The van der Waals surface area contributed by atoms with E-state index in [2.05, 4.69) is 24.1 Å². The monoisotopic (exact) mass is 274 g/mol. The summed E-state index contributed by atoms with van der Waals surface area (Å²) < 4.78 is 1.14. The van der Waals surface area contributed by atoms with E-state index in [1.54, 1.807) is 23.5 Å². The number of benzene rings is 1. The maximum absolute atomic E-state index is 11.7. The van der Waals surface area contributed by atoms with Crippen molar-refractivity contribution < 1.29 is 4.79 Å². The minimum Gasteiger partial charge on any atom is -0.350 e. The average molecular weight is 274 g/mol. The highest BCUT2D eigenvalue weighted by Gasteiger charge is 2.05. The van der Waals surface area contributed by atoms with Gasteiger partial charge >= 0.3 is 0 Å². The molecule has 0 aliphatic rings. The van der Waals surface area contributed by atoms with Gasteiger partial charge in [-0.15, -0.1) is 11.3 Å². The number of fused-ring (bicyclic) bond motifs is 1. The second-order valence-electron chi connectivity index (χ2n) is 4.38. The molecule has 1 aromatic carbocycles. The van der Waals surface area contributed by atoms with E-state index in [4.69, 9.17) is 0 Å². The van der Waals surface area contributed by atoms with Crippen LogP contribution in [0.1, 0.15) is 31.7 Å². The first-order valence-electron chi connectivity index (χ1n) is 6.57. The second kappa shape index (κ2) is 6.48. The maximum atomic E-state index is 11.7. The zero-order chi connectivity index (χ0) is 13.7. The molecule has 19 heavy (non-hydrogen) atoms. The van der Waals surface area contributed by atoms with Crippen LogP contribution in [0.15, 0.2) is 30.3 Å². The van der Waals surface area contributed by atoms with E-state index in [1.165, 1.54) is 0 Å². The van der Waals surface area contributed by atoms with Crippen LogP contribution in [0, 0.1) is 0 Å². The summed E-state index contributed by atoms with van der Waals surface area (Å²) in [5.41, 5.74) is 0.979. The van der Waals surface area contributed by atoms with Gasteiger partial charge in [-0.1, -0.05) is 26.0 Å². The molecule has 0 bridgehead atoms. The van der Waals surface area contributed by atoms with E-state index in [0.717, 1.165) is 28.1 Å². The molecule has 0 radical (unpaired) electrons. The van der Waals surface area contributed by atoms with E-state index in [9.17, 15) is 4.79 Å². The number of nitrogens with zero attached hydrogens (tertiary/aromatic N) is 1. The SMILES string of the molecule is CCC(CC)NC(=O)/C=C/c1nc2ccccc2s1. The predicted octanol–water partition coefficient (Wildman–Crippen LogP) is 3.61. The number of rotatable bonds is 5. The van der Waals surface area contributed by atoms with Crippen molar-refractivity contribution in [2.24, 2.45) is 0 Å². The van der Waals surface area contributed by atoms with Crippen LogP contribution in [0.4, 0.5) is 0 Å². The normalized spacial score (nSPS) is 11.5.